The molecule has 4 aromatic rings. The molecule has 0 aliphatic carbocycles. The van der Waals surface area contributed by atoms with Gasteiger partial charge in [-0.15, -0.1) is 22.0 Å². The maximum Gasteiger partial charge on any atom is 0.257 e. The monoisotopic (exact) mass is 486 g/mol. The summed E-state index contributed by atoms with van der Waals surface area (Å²) in [6.45, 7) is 2.60. The summed E-state index contributed by atoms with van der Waals surface area (Å²) in [5.41, 5.74) is 4.77. The van der Waals surface area contributed by atoms with Gasteiger partial charge in [0.05, 0.1) is 5.75 Å². The lowest BCUT2D eigenvalue weighted by Crippen LogP contribution is -2.27. The van der Waals surface area contributed by atoms with E-state index in [0.717, 1.165) is 21.7 Å². The van der Waals surface area contributed by atoms with Crippen molar-refractivity contribution >= 4 is 40.0 Å². The molecule has 0 bridgehead atoms. The van der Waals surface area contributed by atoms with Crippen LogP contribution in [0.5, 0.6) is 0 Å². The first-order valence-electron chi connectivity index (χ1n) is 10.8. The van der Waals surface area contributed by atoms with Gasteiger partial charge in [-0.3, -0.25) is 14.9 Å². The zero-order valence-electron chi connectivity index (χ0n) is 18.5. The molecule has 1 N–H and O–H groups in total. The molecule has 8 heteroatoms. The molecule has 1 aliphatic rings. The lowest BCUT2D eigenvalue weighted by atomic mass is 10.1. The number of nitrogens with zero attached hydrogens (tertiary/aromatic N) is 3. The third-order valence-electron chi connectivity index (χ3n) is 5.57. The smallest absolute Gasteiger partial charge is 0.257 e. The van der Waals surface area contributed by atoms with Crippen molar-refractivity contribution in [2.45, 2.75) is 18.8 Å². The van der Waals surface area contributed by atoms with E-state index in [2.05, 4.69) is 15.5 Å². The van der Waals surface area contributed by atoms with Crippen molar-refractivity contribution in [3.05, 3.63) is 101 Å². The molecule has 1 aliphatic heterocycles. The normalized spacial score (nSPS) is 15.5. The van der Waals surface area contributed by atoms with Crippen molar-refractivity contribution in [3.63, 3.8) is 0 Å². The Morgan fingerprint density at radius 1 is 1.00 bits per heavy atom. The Hall–Kier alpha value is -3.49. The molecule has 1 fully saturated rings. The predicted octanol–water partition coefficient (Wildman–Crippen LogP) is 5.54. The quantitative estimate of drug-likeness (QED) is 0.387. The molecule has 0 radical (unpaired) electrons. The molecule has 0 saturated carbocycles. The largest absolute Gasteiger partial charge is 0.322 e. The van der Waals surface area contributed by atoms with E-state index < -0.39 is 0 Å². The number of carbonyl (C=O) groups excluding carboxylic acids is 2. The van der Waals surface area contributed by atoms with Crippen molar-refractivity contribution in [2.75, 3.05) is 11.1 Å². The Bertz CT molecular complexity index is 1300. The first-order chi connectivity index (χ1) is 16.6. The zero-order valence-corrected chi connectivity index (χ0v) is 20.1. The van der Waals surface area contributed by atoms with E-state index in [-0.39, 0.29) is 17.2 Å². The van der Waals surface area contributed by atoms with Crippen LogP contribution >= 0.6 is 23.1 Å². The molecule has 0 spiro atoms. The lowest BCUT2D eigenvalue weighted by Gasteiger charge is -2.24. The third kappa shape index (κ3) is 4.88. The summed E-state index contributed by atoms with van der Waals surface area (Å²) in [5, 5.41) is 12.3. The van der Waals surface area contributed by atoms with Crippen molar-refractivity contribution < 1.29 is 9.59 Å². The molecule has 5 rings (SSSR count). The third-order valence-corrected chi connectivity index (χ3v) is 7.71. The second-order valence-corrected chi connectivity index (χ2v) is 10.1. The predicted molar refractivity (Wildman–Crippen MR) is 137 cm³/mol. The molecule has 6 nitrogen and oxygen atoms in total. The number of rotatable bonds is 6. The van der Waals surface area contributed by atoms with Gasteiger partial charge in [0.25, 0.3) is 5.91 Å². The van der Waals surface area contributed by atoms with Crippen molar-refractivity contribution in [3.8, 4) is 10.6 Å². The van der Waals surface area contributed by atoms with Gasteiger partial charge in [-0.2, -0.15) is 0 Å². The Labute approximate surface area is 206 Å². The number of anilines is 1. The Balaban J connectivity index is 1.26. The summed E-state index contributed by atoms with van der Waals surface area (Å²) in [6, 6.07) is 25.4. The summed E-state index contributed by atoms with van der Waals surface area (Å²) in [4.78, 5) is 27.1. The Morgan fingerprint density at radius 3 is 2.47 bits per heavy atom. The van der Waals surface area contributed by atoms with Gasteiger partial charge in [0.15, 0.2) is 0 Å². The van der Waals surface area contributed by atoms with Gasteiger partial charge < -0.3 is 4.90 Å². The molecule has 34 heavy (non-hydrogen) atoms. The topological polar surface area (TPSA) is 75.2 Å². The van der Waals surface area contributed by atoms with Crippen LogP contribution in [0.25, 0.3) is 10.6 Å². The summed E-state index contributed by atoms with van der Waals surface area (Å²) < 4.78 is 0. The highest BCUT2D eigenvalue weighted by Crippen LogP contribution is 2.39. The second-order valence-electron chi connectivity index (χ2n) is 8.03. The van der Waals surface area contributed by atoms with E-state index in [1.165, 1.54) is 16.9 Å². The van der Waals surface area contributed by atoms with Crippen LogP contribution in [-0.4, -0.2) is 32.7 Å². The van der Waals surface area contributed by atoms with Crippen LogP contribution in [-0.2, 0) is 11.3 Å². The standard InChI is InChI=1S/C26H22N4O2S2/c1-17-7-9-20(10-8-17)24-28-29-26(34-24)27-23(32)19-11-13-21(14-12-19)25-30(22(31)16-33-25)15-18-5-3-2-4-6-18/h2-14,25H,15-16H2,1H3,(H,27,29,32). The van der Waals surface area contributed by atoms with E-state index in [0.29, 0.717) is 23.0 Å². The van der Waals surface area contributed by atoms with E-state index in [1.54, 1.807) is 23.9 Å². The molecule has 1 unspecified atom stereocenters. The van der Waals surface area contributed by atoms with Crippen molar-refractivity contribution in [2.24, 2.45) is 0 Å². The minimum Gasteiger partial charge on any atom is -0.322 e. The highest BCUT2D eigenvalue weighted by atomic mass is 32.2. The van der Waals surface area contributed by atoms with E-state index in [1.807, 2.05) is 78.6 Å². The fraction of sp³-hybridized carbons (Fsp3) is 0.154. The lowest BCUT2D eigenvalue weighted by molar-refractivity contribution is -0.128. The minimum atomic E-state index is -0.241. The fourth-order valence-corrected chi connectivity index (χ4v) is 5.67. The fourth-order valence-electron chi connectivity index (χ4n) is 3.74. The number of nitrogens with one attached hydrogen (secondary N) is 1. The zero-order chi connectivity index (χ0) is 23.5. The van der Waals surface area contributed by atoms with Crippen LogP contribution in [0, 0.1) is 6.92 Å². The first kappa shape index (κ1) is 22.3. The molecule has 170 valence electrons. The maximum atomic E-state index is 12.8. The van der Waals surface area contributed by atoms with Gasteiger partial charge >= 0.3 is 0 Å². The van der Waals surface area contributed by atoms with Crippen LogP contribution < -0.4 is 5.32 Å². The number of hydrogen-bond acceptors (Lipinski definition) is 6. The van der Waals surface area contributed by atoms with Gasteiger partial charge in [-0.05, 0) is 30.2 Å². The van der Waals surface area contributed by atoms with Crippen molar-refractivity contribution in [1.82, 2.24) is 15.1 Å². The maximum absolute atomic E-state index is 12.8. The number of thioether (sulfide) groups is 1. The average molecular weight is 487 g/mol. The molecule has 1 atom stereocenters. The second kappa shape index (κ2) is 9.79. The molecular formula is C26H22N4O2S2. The van der Waals surface area contributed by atoms with Crippen LogP contribution in [0.1, 0.15) is 32.4 Å². The molecule has 1 aromatic heterocycles. The van der Waals surface area contributed by atoms with E-state index in [4.69, 9.17) is 0 Å². The number of aryl methyl sites for hydroxylation is 1. The molecule has 3 aromatic carbocycles. The van der Waals surface area contributed by atoms with Gasteiger partial charge in [-0.25, -0.2) is 0 Å². The van der Waals surface area contributed by atoms with Gasteiger partial charge in [-0.1, -0.05) is 83.6 Å². The number of hydrogen-bond donors (Lipinski definition) is 1. The number of aromatic nitrogens is 2. The highest BCUT2D eigenvalue weighted by molar-refractivity contribution is 8.00. The van der Waals surface area contributed by atoms with Crippen LogP contribution in [0.2, 0.25) is 0 Å². The molecule has 1 saturated heterocycles. The molecule has 2 heterocycles. The van der Waals surface area contributed by atoms with Crippen LogP contribution in [0.3, 0.4) is 0 Å². The number of benzene rings is 3. The van der Waals surface area contributed by atoms with Gasteiger partial charge in [0.2, 0.25) is 11.0 Å². The SMILES string of the molecule is Cc1ccc(-c2nnc(NC(=O)c3ccc(C4SCC(=O)N4Cc4ccccc4)cc3)s2)cc1. The molecular weight excluding hydrogens is 464 g/mol. The number of carbonyl (C=O) groups is 2. The van der Waals surface area contributed by atoms with Crippen LogP contribution in [0.15, 0.2) is 78.9 Å². The first-order valence-corrected chi connectivity index (χ1v) is 12.7. The Kier molecular flexibility index (Phi) is 6.42. The summed E-state index contributed by atoms with van der Waals surface area (Å²) >= 11 is 2.95. The van der Waals surface area contributed by atoms with Crippen molar-refractivity contribution in [1.29, 1.82) is 0 Å². The van der Waals surface area contributed by atoms with E-state index in [9.17, 15) is 9.59 Å². The molecule has 2 amide bonds. The summed E-state index contributed by atoms with van der Waals surface area (Å²) in [6.07, 6.45) is 0. The van der Waals surface area contributed by atoms with Crippen LogP contribution in [0.4, 0.5) is 5.13 Å². The van der Waals surface area contributed by atoms with Gasteiger partial charge in [0.1, 0.15) is 10.4 Å². The minimum absolute atomic E-state index is 0.0648. The average Bonchev–Trinajstić information content (AvgIpc) is 3.47. The van der Waals surface area contributed by atoms with Gasteiger partial charge in [0, 0.05) is 17.7 Å². The summed E-state index contributed by atoms with van der Waals surface area (Å²) in [7, 11) is 0. The summed E-state index contributed by atoms with van der Waals surface area (Å²) in [5.74, 6) is 0.343. The Morgan fingerprint density at radius 2 is 1.74 bits per heavy atom. The number of amides is 2. The van der Waals surface area contributed by atoms with E-state index >= 15 is 0 Å². The highest BCUT2D eigenvalue weighted by Gasteiger charge is 2.32.